The van der Waals surface area contributed by atoms with E-state index >= 15 is 0 Å². The van der Waals surface area contributed by atoms with Gasteiger partial charge in [-0.15, -0.1) is 0 Å². The smallest absolute Gasteiger partial charge is 0.261 e. The minimum atomic E-state index is -0.130. The number of benzene rings is 3. The van der Waals surface area contributed by atoms with Crippen molar-refractivity contribution in [2.24, 2.45) is 0 Å². The summed E-state index contributed by atoms with van der Waals surface area (Å²) >= 11 is 1.53. The Labute approximate surface area is 219 Å². The van der Waals surface area contributed by atoms with Crippen LogP contribution in [0.1, 0.15) is 27.2 Å². The summed E-state index contributed by atoms with van der Waals surface area (Å²) in [5.41, 5.74) is 7.09. The second kappa shape index (κ2) is 9.56. The van der Waals surface area contributed by atoms with Crippen molar-refractivity contribution in [3.63, 3.8) is 0 Å². The van der Waals surface area contributed by atoms with E-state index in [1.807, 2.05) is 78.9 Å². The van der Waals surface area contributed by atoms with Crippen molar-refractivity contribution in [3.05, 3.63) is 120 Å². The summed E-state index contributed by atoms with van der Waals surface area (Å²) in [7, 11) is 0. The van der Waals surface area contributed by atoms with Crippen molar-refractivity contribution in [1.29, 1.82) is 0 Å². The van der Waals surface area contributed by atoms with Gasteiger partial charge in [0.25, 0.3) is 5.91 Å². The quantitative estimate of drug-likeness (QED) is 0.248. The predicted molar refractivity (Wildman–Crippen MR) is 151 cm³/mol. The zero-order chi connectivity index (χ0) is 25.4. The van der Waals surface area contributed by atoms with E-state index in [0.29, 0.717) is 17.2 Å². The second-order valence-electron chi connectivity index (χ2n) is 9.08. The summed E-state index contributed by atoms with van der Waals surface area (Å²) in [4.78, 5) is 30.5. The standard InChI is InChI=1S/C31H24N4OS/c1-20-16-21(2)29-28(17-20)37-31(34-29)35(19-23-12-8-9-15-32-23)30(36)25-18-27(22-10-4-3-5-11-22)33-26-14-7-6-13-24(25)26/h3-18H,19H2,1-2H3. The molecule has 0 spiro atoms. The van der Waals surface area contributed by atoms with Gasteiger partial charge in [0.05, 0.1) is 39.2 Å². The zero-order valence-corrected chi connectivity index (χ0v) is 21.4. The Morgan fingerprint density at radius 2 is 1.65 bits per heavy atom. The first kappa shape index (κ1) is 23.0. The number of para-hydroxylation sites is 1. The van der Waals surface area contributed by atoms with Crippen LogP contribution in [0.2, 0.25) is 0 Å². The molecule has 180 valence electrons. The van der Waals surface area contributed by atoms with Gasteiger partial charge in [-0.1, -0.05) is 72.0 Å². The van der Waals surface area contributed by atoms with E-state index in [0.717, 1.165) is 43.6 Å². The average molecular weight is 501 g/mol. The Bertz CT molecular complexity index is 1750. The van der Waals surface area contributed by atoms with Gasteiger partial charge in [-0.3, -0.25) is 14.7 Å². The molecule has 0 bridgehead atoms. The lowest BCUT2D eigenvalue weighted by molar-refractivity contribution is 0.0986. The molecule has 37 heavy (non-hydrogen) atoms. The van der Waals surface area contributed by atoms with E-state index in [-0.39, 0.29) is 5.91 Å². The van der Waals surface area contributed by atoms with Crippen molar-refractivity contribution in [3.8, 4) is 11.3 Å². The number of pyridine rings is 2. The fraction of sp³-hybridized carbons (Fsp3) is 0.0968. The molecule has 1 amide bonds. The molecular weight excluding hydrogens is 476 g/mol. The minimum Gasteiger partial charge on any atom is -0.278 e. The topological polar surface area (TPSA) is 59.0 Å². The van der Waals surface area contributed by atoms with Crippen LogP contribution in [0.4, 0.5) is 5.13 Å². The number of anilines is 1. The Morgan fingerprint density at radius 1 is 0.865 bits per heavy atom. The molecule has 0 aliphatic rings. The Balaban J connectivity index is 1.53. The van der Waals surface area contributed by atoms with E-state index in [2.05, 4.69) is 31.0 Å². The highest BCUT2D eigenvalue weighted by atomic mass is 32.1. The monoisotopic (exact) mass is 500 g/mol. The van der Waals surface area contributed by atoms with Crippen molar-refractivity contribution >= 4 is 43.5 Å². The van der Waals surface area contributed by atoms with Crippen molar-refractivity contribution in [2.75, 3.05) is 4.90 Å². The van der Waals surface area contributed by atoms with Gasteiger partial charge in [0.2, 0.25) is 0 Å². The zero-order valence-electron chi connectivity index (χ0n) is 20.6. The molecule has 0 saturated heterocycles. The number of aryl methyl sites for hydroxylation is 2. The third kappa shape index (κ3) is 4.47. The number of rotatable bonds is 5. The highest BCUT2D eigenvalue weighted by Crippen LogP contribution is 2.34. The van der Waals surface area contributed by atoms with Gasteiger partial charge in [0, 0.05) is 17.1 Å². The van der Waals surface area contributed by atoms with E-state index in [1.54, 1.807) is 11.1 Å². The van der Waals surface area contributed by atoms with Crippen molar-refractivity contribution in [2.45, 2.75) is 20.4 Å². The largest absolute Gasteiger partial charge is 0.278 e. The summed E-state index contributed by atoms with van der Waals surface area (Å²) in [6, 6.07) is 29.6. The van der Waals surface area contributed by atoms with Crippen LogP contribution in [0.3, 0.4) is 0 Å². The van der Waals surface area contributed by atoms with Gasteiger partial charge in [0.15, 0.2) is 5.13 Å². The molecule has 6 aromatic rings. The number of nitrogens with zero attached hydrogens (tertiary/aromatic N) is 4. The Kier molecular flexibility index (Phi) is 5.94. The third-order valence-corrected chi connectivity index (χ3v) is 7.38. The molecular formula is C31H24N4OS. The first-order valence-electron chi connectivity index (χ1n) is 12.1. The number of aromatic nitrogens is 3. The van der Waals surface area contributed by atoms with Crippen LogP contribution in [0.25, 0.3) is 32.4 Å². The first-order chi connectivity index (χ1) is 18.1. The number of fused-ring (bicyclic) bond motifs is 2. The van der Waals surface area contributed by atoms with Crippen LogP contribution in [-0.2, 0) is 6.54 Å². The molecule has 0 saturated carbocycles. The summed E-state index contributed by atoms with van der Waals surface area (Å²) in [6.07, 6.45) is 1.75. The van der Waals surface area contributed by atoms with Gasteiger partial charge in [-0.2, -0.15) is 0 Å². The van der Waals surface area contributed by atoms with Crippen LogP contribution in [-0.4, -0.2) is 20.9 Å². The Morgan fingerprint density at radius 3 is 2.46 bits per heavy atom. The maximum Gasteiger partial charge on any atom is 0.261 e. The van der Waals surface area contributed by atoms with Gasteiger partial charge in [0.1, 0.15) is 0 Å². The van der Waals surface area contributed by atoms with Crippen molar-refractivity contribution in [1.82, 2.24) is 15.0 Å². The SMILES string of the molecule is Cc1cc(C)c2nc(N(Cc3ccccn3)C(=O)c3cc(-c4ccccc4)nc4ccccc34)sc2c1. The Hall–Kier alpha value is -4.42. The highest BCUT2D eigenvalue weighted by Gasteiger charge is 2.25. The summed E-state index contributed by atoms with van der Waals surface area (Å²) < 4.78 is 1.07. The molecule has 0 aliphatic heterocycles. The molecule has 3 aromatic heterocycles. The lowest BCUT2D eigenvalue weighted by Crippen LogP contribution is -2.31. The first-order valence-corrected chi connectivity index (χ1v) is 12.9. The molecule has 0 N–H and O–H groups in total. The highest BCUT2D eigenvalue weighted by molar-refractivity contribution is 7.22. The van der Waals surface area contributed by atoms with E-state index < -0.39 is 0 Å². The average Bonchev–Trinajstić information content (AvgIpc) is 3.36. The molecule has 3 aromatic carbocycles. The molecule has 0 radical (unpaired) electrons. The van der Waals surface area contributed by atoms with Crippen LogP contribution in [0, 0.1) is 13.8 Å². The second-order valence-corrected chi connectivity index (χ2v) is 10.1. The lowest BCUT2D eigenvalue weighted by Gasteiger charge is -2.21. The van der Waals surface area contributed by atoms with Crippen LogP contribution >= 0.6 is 11.3 Å². The summed E-state index contributed by atoms with van der Waals surface area (Å²) in [5.74, 6) is -0.130. The summed E-state index contributed by atoms with van der Waals surface area (Å²) in [5, 5.41) is 1.47. The lowest BCUT2D eigenvalue weighted by atomic mass is 10.0. The number of hydrogen-bond donors (Lipinski definition) is 0. The van der Waals surface area contributed by atoms with E-state index in [1.165, 1.54) is 16.9 Å². The number of carbonyl (C=O) groups is 1. The molecule has 3 heterocycles. The third-order valence-electron chi connectivity index (χ3n) is 6.36. The van der Waals surface area contributed by atoms with E-state index in [9.17, 15) is 4.79 Å². The van der Waals surface area contributed by atoms with Crippen molar-refractivity contribution < 1.29 is 4.79 Å². The molecule has 0 aliphatic carbocycles. The molecule has 5 nitrogen and oxygen atoms in total. The molecule has 6 heteroatoms. The van der Waals surface area contributed by atoms with Gasteiger partial charge in [-0.25, -0.2) is 9.97 Å². The fourth-order valence-electron chi connectivity index (χ4n) is 4.61. The number of thiazole rings is 1. The predicted octanol–water partition coefficient (Wildman–Crippen LogP) is 7.37. The fourth-order valence-corrected chi connectivity index (χ4v) is 5.75. The molecule has 0 atom stereocenters. The minimum absolute atomic E-state index is 0.130. The number of amides is 1. The summed E-state index contributed by atoms with van der Waals surface area (Å²) in [6.45, 7) is 4.46. The van der Waals surface area contributed by atoms with Gasteiger partial charge < -0.3 is 0 Å². The van der Waals surface area contributed by atoms with Gasteiger partial charge in [-0.05, 0) is 55.3 Å². The maximum atomic E-state index is 14.4. The van der Waals surface area contributed by atoms with Gasteiger partial charge >= 0.3 is 0 Å². The molecule has 0 unspecified atom stereocenters. The van der Waals surface area contributed by atoms with E-state index in [4.69, 9.17) is 9.97 Å². The molecule has 0 fully saturated rings. The molecule has 6 rings (SSSR count). The normalized spacial score (nSPS) is 11.2. The van der Waals surface area contributed by atoms with Crippen LogP contribution < -0.4 is 4.90 Å². The van der Waals surface area contributed by atoms with Crippen LogP contribution in [0.5, 0.6) is 0 Å². The maximum absolute atomic E-state index is 14.4. The number of carbonyl (C=O) groups excluding carboxylic acids is 1. The van der Waals surface area contributed by atoms with Crippen LogP contribution in [0.15, 0.2) is 97.2 Å². The number of hydrogen-bond acceptors (Lipinski definition) is 5.